The summed E-state index contributed by atoms with van der Waals surface area (Å²) in [5, 5.41) is 8.80. The van der Waals surface area contributed by atoms with E-state index < -0.39 is 22.7 Å². The van der Waals surface area contributed by atoms with Crippen molar-refractivity contribution in [2.24, 2.45) is 5.92 Å². The Morgan fingerprint density at radius 1 is 1.48 bits per heavy atom. The molecule has 0 saturated heterocycles. The molecule has 0 aromatic carbocycles. The van der Waals surface area contributed by atoms with E-state index in [1.807, 2.05) is 0 Å². The van der Waals surface area contributed by atoms with Gasteiger partial charge in [0.25, 0.3) is 0 Å². The number of hydrogen-bond acceptors (Lipinski definition) is 4. The van der Waals surface area contributed by atoms with Crippen molar-refractivity contribution in [2.75, 3.05) is 0 Å². The molecule has 1 aliphatic carbocycles. The molecule has 112 valence electrons. The first-order valence-corrected chi connectivity index (χ1v) is 7.00. The minimum atomic E-state index is -4.80. The van der Waals surface area contributed by atoms with Crippen LogP contribution in [-0.4, -0.2) is 16.1 Å². The number of halogens is 3. The summed E-state index contributed by atoms with van der Waals surface area (Å²) in [6, 6.07) is 3.24. The first-order chi connectivity index (χ1) is 9.77. The van der Waals surface area contributed by atoms with Crippen molar-refractivity contribution in [3.63, 3.8) is 0 Å². The monoisotopic (exact) mass is 317 g/mol. The van der Waals surface area contributed by atoms with Gasteiger partial charge < -0.3 is 9.52 Å². The molecule has 0 spiro atoms. The standard InChI is InChI=1S/C13H10F3NO3S/c1-5-4-6(5)7-2-3-8(20-7)11-17-10(13(14,15)16)9(21-11)12(18)19/h2-3,5-6H,4H2,1H3,(H,18,19). The largest absolute Gasteiger partial charge is 0.477 e. The molecule has 4 nitrogen and oxygen atoms in total. The number of furan rings is 1. The number of alkyl halides is 3. The molecule has 1 aliphatic rings. The number of carboxylic acid groups (broad SMARTS) is 1. The van der Waals surface area contributed by atoms with Gasteiger partial charge in [0.15, 0.2) is 16.5 Å². The van der Waals surface area contributed by atoms with Crippen molar-refractivity contribution in [3.05, 3.63) is 28.5 Å². The molecule has 1 fully saturated rings. The highest BCUT2D eigenvalue weighted by Crippen LogP contribution is 2.48. The number of aromatic nitrogens is 1. The van der Waals surface area contributed by atoms with Gasteiger partial charge in [-0.2, -0.15) is 13.2 Å². The van der Waals surface area contributed by atoms with Crippen molar-refractivity contribution in [1.29, 1.82) is 0 Å². The van der Waals surface area contributed by atoms with Crippen LogP contribution < -0.4 is 0 Å². The molecule has 2 unspecified atom stereocenters. The third-order valence-electron chi connectivity index (χ3n) is 3.40. The number of carboxylic acids is 1. The Bertz CT molecular complexity index is 704. The van der Waals surface area contributed by atoms with Gasteiger partial charge in [-0.25, -0.2) is 9.78 Å². The Morgan fingerprint density at radius 2 is 2.14 bits per heavy atom. The molecule has 0 radical (unpaired) electrons. The molecule has 8 heteroatoms. The van der Waals surface area contributed by atoms with E-state index >= 15 is 0 Å². The second-order valence-electron chi connectivity index (χ2n) is 5.02. The minimum absolute atomic E-state index is 0.0701. The van der Waals surface area contributed by atoms with E-state index in [1.54, 1.807) is 6.07 Å². The topological polar surface area (TPSA) is 63.3 Å². The predicted octanol–water partition coefficient (Wildman–Crippen LogP) is 4.24. The van der Waals surface area contributed by atoms with Crippen LogP contribution in [0.15, 0.2) is 16.5 Å². The summed E-state index contributed by atoms with van der Waals surface area (Å²) in [5.41, 5.74) is -1.38. The van der Waals surface area contributed by atoms with Crippen LogP contribution in [0.25, 0.3) is 10.8 Å². The lowest BCUT2D eigenvalue weighted by Crippen LogP contribution is -2.11. The Balaban J connectivity index is 1.99. The average molecular weight is 317 g/mol. The second-order valence-corrected chi connectivity index (χ2v) is 6.02. The first kappa shape index (κ1) is 14.1. The molecule has 0 aliphatic heterocycles. The molecule has 2 heterocycles. The third kappa shape index (κ3) is 2.55. The fraction of sp³-hybridized carbons (Fsp3) is 0.385. The molecular weight excluding hydrogens is 307 g/mol. The molecule has 2 aromatic rings. The lowest BCUT2D eigenvalue weighted by molar-refractivity contribution is -0.141. The van der Waals surface area contributed by atoms with Crippen molar-refractivity contribution in [1.82, 2.24) is 4.98 Å². The fourth-order valence-corrected chi connectivity index (χ4v) is 3.03. The zero-order valence-electron chi connectivity index (χ0n) is 10.8. The van der Waals surface area contributed by atoms with Gasteiger partial charge in [0.05, 0.1) is 0 Å². The van der Waals surface area contributed by atoms with Crippen LogP contribution in [0.5, 0.6) is 0 Å². The van der Waals surface area contributed by atoms with Crippen LogP contribution in [0.3, 0.4) is 0 Å². The lowest BCUT2D eigenvalue weighted by Gasteiger charge is -2.02. The Morgan fingerprint density at radius 3 is 2.62 bits per heavy atom. The van der Waals surface area contributed by atoms with Crippen LogP contribution in [0, 0.1) is 5.92 Å². The maximum Gasteiger partial charge on any atom is 0.435 e. The van der Waals surface area contributed by atoms with Gasteiger partial charge in [-0.05, 0) is 24.5 Å². The van der Waals surface area contributed by atoms with Crippen molar-refractivity contribution in [2.45, 2.75) is 25.4 Å². The molecule has 0 amide bonds. The molecule has 2 atom stereocenters. The zero-order valence-corrected chi connectivity index (χ0v) is 11.6. The Hall–Kier alpha value is -1.83. The number of thiazole rings is 1. The van der Waals surface area contributed by atoms with Gasteiger partial charge in [-0.3, -0.25) is 0 Å². The van der Waals surface area contributed by atoms with Crippen LogP contribution in [0.1, 0.15) is 40.4 Å². The molecule has 21 heavy (non-hydrogen) atoms. The first-order valence-electron chi connectivity index (χ1n) is 6.18. The van der Waals surface area contributed by atoms with Gasteiger partial charge in [0, 0.05) is 5.92 Å². The highest BCUT2D eigenvalue weighted by Gasteiger charge is 2.41. The van der Waals surface area contributed by atoms with E-state index in [-0.39, 0.29) is 10.8 Å². The summed E-state index contributed by atoms with van der Waals surface area (Å²) in [6.45, 7) is 2.06. The third-order valence-corrected chi connectivity index (χ3v) is 4.46. The highest BCUT2D eigenvalue weighted by molar-refractivity contribution is 7.17. The van der Waals surface area contributed by atoms with Gasteiger partial charge >= 0.3 is 12.1 Å². The zero-order chi connectivity index (χ0) is 15.4. The normalized spacial score (nSPS) is 21.5. The summed E-state index contributed by atoms with van der Waals surface area (Å²) < 4.78 is 43.9. The van der Waals surface area contributed by atoms with E-state index in [0.717, 1.165) is 6.42 Å². The molecule has 3 rings (SSSR count). The lowest BCUT2D eigenvalue weighted by atomic mass is 10.3. The summed E-state index contributed by atoms with van der Waals surface area (Å²) in [6.07, 6.45) is -3.82. The average Bonchev–Trinajstić information content (AvgIpc) is 2.86. The van der Waals surface area contributed by atoms with Crippen molar-refractivity contribution in [3.8, 4) is 10.8 Å². The number of aromatic carboxylic acids is 1. The van der Waals surface area contributed by atoms with Crippen molar-refractivity contribution >= 4 is 17.3 Å². The predicted molar refractivity (Wildman–Crippen MR) is 68.3 cm³/mol. The van der Waals surface area contributed by atoms with Crippen LogP contribution in [0.4, 0.5) is 13.2 Å². The smallest absolute Gasteiger partial charge is 0.435 e. The van der Waals surface area contributed by atoms with Gasteiger partial charge in [0.1, 0.15) is 10.6 Å². The summed E-state index contributed by atoms with van der Waals surface area (Å²) in [7, 11) is 0. The van der Waals surface area contributed by atoms with E-state index in [2.05, 4.69) is 11.9 Å². The fourth-order valence-electron chi connectivity index (χ4n) is 2.15. The van der Waals surface area contributed by atoms with Crippen molar-refractivity contribution < 1.29 is 27.5 Å². The van der Waals surface area contributed by atoms with Gasteiger partial charge in [0.2, 0.25) is 0 Å². The summed E-state index contributed by atoms with van der Waals surface area (Å²) in [4.78, 5) is 13.5. The molecular formula is C13H10F3NO3S. The number of hydrogen-bond donors (Lipinski definition) is 1. The Labute approximate surface area is 121 Å². The van der Waals surface area contributed by atoms with Crippen LogP contribution in [-0.2, 0) is 6.18 Å². The summed E-state index contributed by atoms with van der Waals surface area (Å²) >= 11 is 0.469. The van der Waals surface area contributed by atoms with E-state index in [9.17, 15) is 18.0 Å². The summed E-state index contributed by atoms with van der Waals surface area (Å²) in [5.74, 6) is 0.0271. The van der Waals surface area contributed by atoms with Crippen LogP contribution in [0.2, 0.25) is 0 Å². The van der Waals surface area contributed by atoms with Gasteiger partial charge in [-0.1, -0.05) is 6.92 Å². The molecule has 2 aromatic heterocycles. The highest BCUT2D eigenvalue weighted by atomic mass is 32.1. The maximum atomic E-state index is 12.8. The number of nitrogens with zero attached hydrogens (tertiary/aromatic N) is 1. The van der Waals surface area contributed by atoms with E-state index in [1.165, 1.54) is 6.07 Å². The SMILES string of the molecule is CC1CC1c1ccc(-c2nc(C(F)(F)F)c(C(=O)O)s2)o1. The molecule has 1 saturated carbocycles. The van der Waals surface area contributed by atoms with E-state index in [0.29, 0.717) is 28.9 Å². The van der Waals surface area contributed by atoms with E-state index in [4.69, 9.17) is 9.52 Å². The Kier molecular flexibility index (Phi) is 3.09. The number of carbonyl (C=O) groups is 1. The van der Waals surface area contributed by atoms with Gasteiger partial charge in [-0.15, -0.1) is 11.3 Å². The quantitative estimate of drug-likeness (QED) is 0.919. The number of rotatable bonds is 3. The molecule has 1 N–H and O–H groups in total. The minimum Gasteiger partial charge on any atom is -0.477 e. The second kappa shape index (κ2) is 4.59. The molecule has 0 bridgehead atoms. The van der Waals surface area contributed by atoms with Crippen LogP contribution >= 0.6 is 11.3 Å². The maximum absolute atomic E-state index is 12.8.